The molecule has 1 aromatic heterocycles. The molecule has 0 bridgehead atoms. The molecule has 0 aliphatic carbocycles. The van der Waals surface area contributed by atoms with Gasteiger partial charge in [-0.3, -0.25) is 9.78 Å². The number of anilines is 1. The predicted molar refractivity (Wildman–Crippen MR) is 62.8 cm³/mol. The molecule has 1 N–H and O–H groups in total. The summed E-state index contributed by atoms with van der Waals surface area (Å²) in [6.07, 6.45) is 4.50. The predicted octanol–water partition coefficient (Wildman–Crippen LogP) is 2.51. The Morgan fingerprint density at radius 3 is 2.69 bits per heavy atom. The normalized spacial score (nSPS) is 9.81. The van der Waals surface area contributed by atoms with Gasteiger partial charge in [0, 0.05) is 18.7 Å². The first-order valence-electron chi connectivity index (χ1n) is 4.97. The van der Waals surface area contributed by atoms with Crippen molar-refractivity contribution in [2.24, 2.45) is 0 Å². The zero-order valence-electron chi connectivity index (χ0n) is 8.90. The third-order valence-electron chi connectivity index (χ3n) is 2.13. The van der Waals surface area contributed by atoms with Gasteiger partial charge in [0.2, 0.25) is 5.91 Å². The highest BCUT2D eigenvalue weighted by Crippen LogP contribution is 2.25. The van der Waals surface area contributed by atoms with Gasteiger partial charge in [-0.2, -0.15) is 0 Å². The number of pyridine rings is 1. The summed E-state index contributed by atoms with van der Waals surface area (Å²) in [5.41, 5.74) is 2.52. The van der Waals surface area contributed by atoms with Crippen LogP contribution in [0.4, 0.5) is 5.69 Å². The molecule has 1 radical (unpaired) electrons. The molecule has 1 aromatic carbocycles. The number of benzene rings is 1. The lowest BCUT2D eigenvalue weighted by Crippen LogP contribution is -2.07. The first-order valence-corrected chi connectivity index (χ1v) is 4.97. The van der Waals surface area contributed by atoms with Gasteiger partial charge in [-0.05, 0) is 11.6 Å². The first-order chi connectivity index (χ1) is 7.77. The molecule has 3 nitrogen and oxygen atoms in total. The van der Waals surface area contributed by atoms with E-state index in [2.05, 4.69) is 16.5 Å². The van der Waals surface area contributed by atoms with E-state index >= 15 is 0 Å². The topological polar surface area (TPSA) is 42.0 Å². The molecule has 0 aliphatic heterocycles. The average Bonchev–Trinajstić information content (AvgIpc) is 2.30. The molecule has 1 heterocycles. The molecule has 0 fully saturated rings. The standard InChI is InChI=1S/C13H11N2O/c1-10(16)15-13-7-8-14-9-12(13)11-5-3-2-4-6-11/h2-8H,1H3,(H,14,15,16). The monoisotopic (exact) mass is 211 g/mol. The van der Waals surface area contributed by atoms with E-state index in [0.717, 1.165) is 16.8 Å². The molecule has 79 valence electrons. The average molecular weight is 211 g/mol. The van der Waals surface area contributed by atoms with Crippen LogP contribution in [-0.2, 0) is 4.79 Å². The van der Waals surface area contributed by atoms with Crippen molar-refractivity contribution < 1.29 is 4.79 Å². The third kappa shape index (κ3) is 2.25. The van der Waals surface area contributed by atoms with Gasteiger partial charge in [0.05, 0.1) is 11.9 Å². The molecule has 2 rings (SSSR count). The summed E-state index contributed by atoms with van der Waals surface area (Å²) in [5.74, 6) is -0.100. The van der Waals surface area contributed by atoms with Crippen LogP contribution < -0.4 is 5.32 Å². The molecular weight excluding hydrogens is 200 g/mol. The van der Waals surface area contributed by atoms with Crippen LogP contribution in [0.25, 0.3) is 11.1 Å². The Morgan fingerprint density at radius 2 is 2.00 bits per heavy atom. The fourth-order valence-corrected chi connectivity index (χ4v) is 1.48. The van der Waals surface area contributed by atoms with Crippen LogP contribution in [0, 0.1) is 6.20 Å². The summed E-state index contributed by atoms with van der Waals surface area (Å²) in [6, 6.07) is 11.5. The third-order valence-corrected chi connectivity index (χ3v) is 2.13. The molecule has 3 heteroatoms. The van der Waals surface area contributed by atoms with Gasteiger partial charge in [0.1, 0.15) is 0 Å². The van der Waals surface area contributed by atoms with Crippen molar-refractivity contribution in [2.75, 3.05) is 5.32 Å². The summed E-state index contributed by atoms with van der Waals surface area (Å²) in [4.78, 5) is 15.0. The maximum absolute atomic E-state index is 11.1. The van der Waals surface area contributed by atoms with Gasteiger partial charge in [-0.15, -0.1) is 0 Å². The molecule has 0 saturated carbocycles. The minimum Gasteiger partial charge on any atom is -0.326 e. The number of hydrogen-bond donors (Lipinski definition) is 1. The van der Waals surface area contributed by atoms with Gasteiger partial charge in [0.15, 0.2) is 0 Å². The second-order valence-electron chi connectivity index (χ2n) is 3.39. The van der Waals surface area contributed by atoms with Gasteiger partial charge < -0.3 is 5.32 Å². The van der Waals surface area contributed by atoms with Crippen molar-refractivity contribution in [2.45, 2.75) is 6.92 Å². The van der Waals surface area contributed by atoms with Crippen molar-refractivity contribution in [3.05, 3.63) is 48.8 Å². The summed E-state index contributed by atoms with van der Waals surface area (Å²) in [6.45, 7) is 1.48. The number of carbonyl (C=O) groups excluding carboxylic acids is 1. The van der Waals surface area contributed by atoms with Crippen LogP contribution >= 0.6 is 0 Å². The Morgan fingerprint density at radius 1 is 1.25 bits per heavy atom. The minimum absolute atomic E-state index is 0.100. The number of carbonyl (C=O) groups is 1. The highest BCUT2D eigenvalue weighted by atomic mass is 16.1. The minimum atomic E-state index is -0.100. The Bertz CT molecular complexity index is 494. The van der Waals surface area contributed by atoms with Crippen LogP contribution in [0.1, 0.15) is 6.92 Å². The SMILES string of the molecule is CC(=O)Nc1ccn[c]c1-c1ccccc1. The Labute approximate surface area is 94.1 Å². The highest BCUT2D eigenvalue weighted by molar-refractivity contribution is 5.93. The fraction of sp³-hybridized carbons (Fsp3) is 0.0769. The summed E-state index contributed by atoms with van der Waals surface area (Å²) < 4.78 is 0. The van der Waals surface area contributed by atoms with E-state index in [0.29, 0.717) is 0 Å². The number of aromatic nitrogens is 1. The van der Waals surface area contributed by atoms with E-state index in [-0.39, 0.29) is 5.91 Å². The molecule has 0 aliphatic rings. The van der Waals surface area contributed by atoms with E-state index in [1.165, 1.54) is 6.92 Å². The molecule has 1 amide bonds. The maximum Gasteiger partial charge on any atom is 0.221 e. The lowest BCUT2D eigenvalue weighted by Gasteiger charge is -2.08. The quantitative estimate of drug-likeness (QED) is 0.829. The fourth-order valence-electron chi connectivity index (χ4n) is 1.48. The molecule has 0 atom stereocenters. The Kier molecular flexibility index (Phi) is 2.96. The van der Waals surface area contributed by atoms with Crippen LogP contribution in [0.2, 0.25) is 0 Å². The van der Waals surface area contributed by atoms with Crippen molar-refractivity contribution >= 4 is 11.6 Å². The molecular formula is C13H11N2O. The Balaban J connectivity index is 2.44. The van der Waals surface area contributed by atoms with Gasteiger partial charge in [0.25, 0.3) is 0 Å². The van der Waals surface area contributed by atoms with Gasteiger partial charge >= 0.3 is 0 Å². The zero-order chi connectivity index (χ0) is 11.4. The van der Waals surface area contributed by atoms with Crippen molar-refractivity contribution in [3.63, 3.8) is 0 Å². The van der Waals surface area contributed by atoms with Crippen LogP contribution in [-0.4, -0.2) is 10.9 Å². The van der Waals surface area contributed by atoms with Crippen molar-refractivity contribution in [3.8, 4) is 11.1 Å². The zero-order valence-corrected chi connectivity index (χ0v) is 8.90. The van der Waals surface area contributed by atoms with Crippen molar-refractivity contribution in [1.82, 2.24) is 4.98 Å². The van der Waals surface area contributed by atoms with Crippen molar-refractivity contribution in [1.29, 1.82) is 0 Å². The largest absolute Gasteiger partial charge is 0.326 e. The highest BCUT2D eigenvalue weighted by Gasteiger charge is 2.05. The Hall–Kier alpha value is -2.16. The molecule has 16 heavy (non-hydrogen) atoms. The second kappa shape index (κ2) is 4.57. The summed E-state index contributed by atoms with van der Waals surface area (Å²) >= 11 is 0. The lowest BCUT2D eigenvalue weighted by atomic mass is 10.1. The van der Waals surface area contributed by atoms with Crippen LogP contribution in [0.5, 0.6) is 0 Å². The molecule has 0 saturated heterocycles. The summed E-state index contributed by atoms with van der Waals surface area (Å²) in [7, 11) is 0. The maximum atomic E-state index is 11.1. The van der Waals surface area contributed by atoms with E-state index in [1.807, 2.05) is 30.3 Å². The number of rotatable bonds is 2. The molecule has 0 unspecified atom stereocenters. The lowest BCUT2D eigenvalue weighted by molar-refractivity contribution is -0.114. The number of amides is 1. The van der Waals surface area contributed by atoms with E-state index in [4.69, 9.17) is 0 Å². The number of nitrogens with zero attached hydrogens (tertiary/aromatic N) is 1. The number of hydrogen-bond acceptors (Lipinski definition) is 2. The second-order valence-corrected chi connectivity index (χ2v) is 3.39. The number of nitrogens with one attached hydrogen (secondary N) is 1. The van der Waals surface area contributed by atoms with E-state index < -0.39 is 0 Å². The first kappa shape index (κ1) is 10.4. The van der Waals surface area contributed by atoms with Gasteiger partial charge in [-0.25, -0.2) is 0 Å². The van der Waals surface area contributed by atoms with Crippen LogP contribution in [0.15, 0.2) is 42.6 Å². The van der Waals surface area contributed by atoms with E-state index in [1.54, 1.807) is 12.3 Å². The van der Waals surface area contributed by atoms with Gasteiger partial charge in [-0.1, -0.05) is 30.3 Å². The summed E-state index contributed by atoms with van der Waals surface area (Å²) in [5, 5.41) is 2.76. The molecule has 2 aromatic rings. The van der Waals surface area contributed by atoms with E-state index in [9.17, 15) is 4.79 Å². The smallest absolute Gasteiger partial charge is 0.221 e. The van der Waals surface area contributed by atoms with Crippen LogP contribution in [0.3, 0.4) is 0 Å². The molecule has 0 spiro atoms.